The molecule has 2 aromatic heterocycles. The highest BCUT2D eigenvalue weighted by molar-refractivity contribution is 7.89. The van der Waals surface area contributed by atoms with Gasteiger partial charge in [0.05, 0.1) is 15.1 Å². The van der Waals surface area contributed by atoms with E-state index in [1.807, 2.05) is 73.8 Å². The Morgan fingerprint density at radius 1 is 0.946 bits per heavy atom. The van der Waals surface area contributed by atoms with Crippen LogP contribution in [0.2, 0.25) is 0 Å². The number of carbonyl (C=O) groups excluding carboxylic acids is 1. The van der Waals surface area contributed by atoms with Gasteiger partial charge in [-0.05, 0) is 55.8 Å². The number of fused-ring (bicyclic) bond motifs is 1. The van der Waals surface area contributed by atoms with E-state index >= 15 is 0 Å². The van der Waals surface area contributed by atoms with E-state index in [4.69, 9.17) is 0 Å². The largest absolute Gasteiger partial charge is 0.298 e. The van der Waals surface area contributed by atoms with E-state index in [-0.39, 0.29) is 23.4 Å². The first-order valence-electron chi connectivity index (χ1n) is 11.6. The zero-order valence-electron chi connectivity index (χ0n) is 20.2. The molecular formula is C27H24N4O3S3. The van der Waals surface area contributed by atoms with Gasteiger partial charge in [-0.3, -0.25) is 10.1 Å². The number of hydrogen-bond donors (Lipinski definition) is 1. The van der Waals surface area contributed by atoms with Crippen LogP contribution in [-0.4, -0.2) is 34.6 Å². The number of nitrogens with zero attached hydrogens (tertiary/aromatic N) is 3. The van der Waals surface area contributed by atoms with Gasteiger partial charge >= 0.3 is 0 Å². The molecule has 0 spiro atoms. The maximum absolute atomic E-state index is 13.4. The van der Waals surface area contributed by atoms with E-state index in [1.54, 1.807) is 11.3 Å². The Morgan fingerprint density at radius 2 is 1.65 bits per heavy atom. The lowest BCUT2D eigenvalue weighted by atomic mass is 10.2. The average Bonchev–Trinajstić information content (AvgIpc) is 3.54. The molecule has 1 amide bonds. The van der Waals surface area contributed by atoms with Crippen molar-refractivity contribution < 1.29 is 13.2 Å². The Bertz CT molecular complexity index is 1610. The summed E-state index contributed by atoms with van der Waals surface area (Å²) in [6.07, 6.45) is 0. The standard InChI is InChI=1S/C27H24N4O3S3/c1-18(2)31(16-19-8-4-3-5-9-19)37(33,34)21-14-12-20(13-15-21)25(32)30-27-29-23(17-35-27)26-28-22-10-6-7-11-24(22)36-26/h3-15,17-18H,16H2,1-2H3,(H,29,30,32). The number of amides is 1. The second kappa shape index (κ2) is 10.5. The van der Waals surface area contributed by atoms with Gasteiger partial charge in [0.2, 0.25) is 10.0 Å². The molecular weight excluding hydrogens is 525 g/mol. The molecule has 7 nitrogen and oxygen atoms in total. The monoisotopic (exact) mass is 548 g/mol. The fraction of sp³-hybridized carbons (Fsp3) is 0.148. The molecule has 0 unspecified atom stereocenters. The summed E-state index contributed by atoms with van der Waals surface area (Å²) >= 11 is 2.86. The van der Waals surface area contributed by atoms with Crippen molar-refractivity contribution in [3.63, 3.8) is 0 Å². The smallest absolute Gasteiger partial charge is 0.257 e. The van der Waals surface area contributed by atoms with Crippen LogP contribution in [0, 0.1) is 0 Å². The molecule has 0 aliphatic rings. The summed E-state index contributed by atoms with van der Waals surface area (Å²) in [4.78, 5) is 22.1. The zero-order valence-corrected chi connectivity index (χ0v) is 22.6. The summed E-state index contributed by atoms with van der Waals surface area (Å²) in [5.74, 6) is -0.362. The van der Waals surface area contributed by atoms with Gasteiger partial charge in [0.15, 0.2) is 5.13 Å². The van der Waals surface area contributed by atoms with Crippen molar-refractivity contribution in [1.82, 2.24) is 14.3 Å². The molecule has 0 atom stereocenters. The molecule has 3 aromatic carbocycles. The molecule has 0 aliphatic heterocycles. The zero-order chi connectivity index (χ0) is 26.0. The molecule has 0 aliphatic carbocycles. The highest BCUT2D eigenvalue weighted by atomic mass is 32.2. The highest BCUT2D eigenvalue weighted by Gasteiger charge is 2.27. The van der Waals surface area contributed by atoms with Gasteiger partial charge < -0.3 is 0 Å². The Morgan fingerprint density at radius 3 is 2.35 bits per heavy atom. The van der Waals surface area contributed by atoms with Crippen molar-refractivity contribution >= 4 is 54.0 Å². The van der Waals surface area contributed by atoms with Gasteiger partial charge in [0, 0.05) is 23.5 Å². The molecule has 0 bridgehead atoms. The average molecular weight is 549 g/mol. The predicted octanol–water partition coefficient (Wildman–Crippen LogP) is 6.27. The van der Waals surface area contributed by atoms with Crippen molar-refractivity contribution in [2.24, 2.45) is 0 Å². The molecule has 0 saturated carbocycles. The first kappa shape index (κ1) is 25.2. The number of aromatic nitrogens is 2. The summed E-state index contributed by atoms with van der Waals surface area (Å²) in [5.41, 5.74) is 2.87. The van der Waals surface area contributed by atoms with E-state index < -0.39 is 10.0 Å². The van der Waals surface area contributed by atoms with E-state index in [2.05, 4.69) is 15.3 Å². The minimum Gasteiger partial charge on any atom is -0.298 e. The molecule has 5 rings (SSSR count). The van der Waals surface area contributed by atoms with Crippen molar-refractivity contribution in [3.8, 4) is 10.7 Å². The Labute approximate surface area is 223 Å². The number of anilines is 1. The summed E-state index contributed by atoms with van der Waals surface area (Å²) in [6.45, 7) is 3.96. The number of para-hydroxylation sites is 1. The van der Waals surface area contributed by atoms with E-state index in [1.165, 1.54) is 39.9 Å². The summed E-state index contributed by atoms with van der Waals surface area (Å²) in [7, 11) is -3.75. The number of nitrogens with one attached hydrogen (secondary N) is 1. The van der Waals surface area contributed by atoms with Crippen molar-refractivity contribution in [2.45, 2.75) is 31.3 Å². The van der Waals surface area contributed by atoms with Gasteiger partial charge in [0.1, 0.15) is 10.7 Å². The van der Waals surface area contributed by atoms with Crippen molar-refractivity contribution in [3.05, 3.63) is 95.4 Å². The third kappa shape index (κ3) is 5.47. The Kier molecular flexibility index (Phi) is 7.16. The van der Waals surface area contributed by atoms with Crippen LogP contribution >= 0.6 is 22.7 Å². The minimum atomic E-state index is -3.75. The lowest BCUT2D eigenvalue weighted by Crippen LogP contribution is -2.36. The fourth-order valence-electron chi connectivity index (χ4n) is 3.80. The number of benzene rings is 3. The van der Waals surface area contributed by atoms with Crippen LogP contribution in [-0.2, 0) is 16.6 Å². The fourth-order valence-corrected chi connectivity index (χ4v) is 7.12. The van der Waals surface area contributed by atoms with Crippen LogP contribution in [0.3, 0.4) is 0 Å². The Hall–Kier alpha value is -3.44. The molecule has 0 fully saturated rings. The molecule has 0 saturated heterocycles. The van der Waals surface area contributed by atoms with E-state index in [9.17, 15) is 13.2 Å². The summed E-state index contributed by atoms with van der Waals surface area (Å²) < 4.78 is 29.3. The molecule has 37 heavy (non-hydrogen) atoms. The molecule has 5 aromatic rings. The topological polar surface area (TPSA) is 92.3 Å². The number of hydrogen-bond acceptors (Lipinski definition) is 7. The van der Waals surface area contributed by atoms with Crippen LogP contribution in [0.25, 0.3) is 20.9 Å². The number of rotatable bonds is 8. The van der Waals surface area contributed by atoms with Crippen LogP contribution in [0.1, 0.15) is 29.8 Å². The Balaban J connectivity index is 1.30. The maximum atomic E-state index is 13.4. The predicted molar refractivity (Wildman–Crippen MR) is 149 cm³/mol. The van der Waals surface area contributed by atoms with Crippen LogP contribution in [0.15, 0.2) is 89.1 Å². The normalized spacial score (nSPS) is 11.9. The van der Waals surface area contributed by atoms with Crippen molar-refractivity contribution in [1.29, 1.82) is 0 Å². The quantitative estimate of drug-likeness (QED) is 0.247. The van der Waals surface area contributed by atoms with Crippen LogP contribution in [0.4, 0.5) is 5.13 Å². The third-order valence-electron chi connectivity index (χ3n) is 5.72. The summed E-state index contributed by atoms with van der Waals surface area (Å²) in [5, 5.41) is 5.90. The maximum Gasteiger partial charge on any atom is 0.257 e. The number of thiazole rings is 2. The molecule has 10 heteroatoms. The van der Waals surface area contributed by atoms with Gasteiger partial charge in [0.25, 0.3) is 5.91 Å². The van der Waals surface area contributed by atoms with Crippen molar-refractivity contribution in [2.75, 3.05) is 5.32 Å². The molecule has 0 radical (unpaired) electrons. The van der Waals surface area contributed by atoms with E-state index in [0.29, 0.717) is 16.4 Å². The van der Waals surface area contributed by atoms with Gasteiger partial charge in [-0.2, -0.15) is 4.31 Å². The highest BCUT2D eigenvalue weighted by Crippen LogP contribution is 2.32. The second-order valence-electron chi connectivity index (χ2n) is 8.63. The molecule has 2 heterocycles. The van der Waals surface area contributed by atoms with Gasteiger partial charge in [-0.1, -0.05) is 42.5 Å². The van der Waals surface area contributed by atoms with Gasteiger partial charge in [-0.15, -0.1) is 22.7 Å². The first-order chi connectivity index (χ1) is 17.8. The lowest BCUT2D eigenvalue weighted by Gasteiger charge is -2.26. The number of sulfonamides is 1. The second-order valence-corrected chi connectivity index (χ2v) is 12.4. The van der Waals surface area contributed by atoms with Crippen LogP contribution < -0.4 is 5.32 Å². The molecule has 1 N–H and O–H groups in total. The van der Waals surface area contributed by atoms with E-state index in [0.717, 1.165) is 20.8 Å². The van der Waals surface area contributed by atoms with Crippen LogP contribution in [0.5, 0.6) is 0 Å². The molecule has 188 valence electrons. The lowest BCUT2D eigenvalue weighted by molar-refractivity contribution is 0.102. The number of carbonyl (C=O) groups is 1. The first-order valence-corrected chi connectivity index (χ1v) is 14.7. The summed E-state index contributed by atoms with van der Waals surface area (Å²) in [6, 6.07) is 23.1. The third-order valence-corrected chi connectivity index (χ3v) is 9.57. The van der Waals surface area contributed by atoms with Gasteiger partial charge in [-0.25, -0.2) is 18.4 Å². The SMILES string of the molecule is CC(C)N(Cc1ccccc1)S(=O)(=O)c1ccc(C(=O)Nc2nc(-c3nc4ccccc4s3)cs2)cc1. The minimum absolute atomic E-state index is 0.140.